The molecule has 0 spiro atoms. The Hall–Kier alpha value is -0.603. The molecule has 0 heterocycles. The number of rotatable bonds is 3. The van der Waals surface area contributed by atoms with E-state index >= 15 is 0 Å². The molecule has 2 heteroatoms. The van der Waals surface area contributed by atoms with E-state index in [-0.39, 0.29) is 0 Å². The van der Waals surface area contributed by atoms with E-state index in [1.165, 1.54) is 18.7 Å². The van der Waals surface area contributed by atoms with Crippen molar-refractivity contribution < 1.29 is 0 Å². The first kappa shape index (κ1) is 15.4. The standard InChI is InChI=1S/C7H19NSi.C7H8/c1-6-8(7-2)9(3,4)5;1-7-5-3-2-4-6-7/h6-7H2,1-5H3;2-6H,1H3. The van der Waals surface area contributed by atoms with Gasteiger partial charge in [0.05, 0.1) is 0 Å². The Balaban J connectivity index is 0.000000288. The SMILES string of the molecule is CCN(CC)[Si](C)(C)C.Cc1ccccc1. The van der Waals surface area contributed by atoms with E-state index in [1.54, 1.807) is 0 Å². The van der Waals surface area contributed by atoms with E-state index in [1.807, 2.05) is 18.2 Å². The van der Waals surface area contributed by atoms with Crippen molar-refractivity contribution in [1.82, 2.24) is 4.57 Å². The van der Waals surface area contributed by atoms with Crippen LogP contribution in [0, 0.1) is 6.92 Å². The maximum absolute atomic E-state index is 2.58. The zero-order chi connectivity index (χ0) is 12.6. The van der Waals surface area contributed by atoms with Gasteiger partial charge in [0.15, 0.2) is 0 Å². The molecule has 1 aromatic carbocycles. The van der Waals surface area contributed by atoms with Gasteiger partial charge in [-0.05, 0) is 20.0 Å². The molecular formula is C14H27NSi. The van der Waals surface area contributed by atoms with Gasteiger partial charge in [0.25, 0.3) is 0 Å². The van der Waals surface area contributed by atoms with Crippen molar-refractivity contribution in [1.29, 1.82) is 0 Å². The minimum absolute atomic E-state index is 0.953. The van der Waals surface area contributed by atoms with Crippen LogP contribution in [0.4, 0.5) is 0 Å². The molecule has 0 bridgehead atoms. The van der Waals surface area contributed by atoms with Gasteiger partial charge in [-0.1, -0.05) is 69.4 Å². The van der Waals surface area contributed by atoms with Crippen LogP contribution in [-0.4, -0.2) is 25.9 Å². The summed E-state index contributed by atoms with van der Waals surface area (Å²) < 4.78 is 2.58. The zero-order valence-corrected chi connectivity index (χ0v) is 12.7. The molecule has 0 atom stereocenters. The minimum atomic E-state index is -0.953. The molecule has 1 rings (SSSR count). The molecule has 16 heavy (non-hydrogen) atoms. The third kappa shape index (κ3) is 6.80. The second-order valence-corrected chi connectivity index (χ2v) is 9.97. The Labute approximate surface area is 103 Å². The van der Waals surface area contributed by atoms with E-state index in [2.05, 4.69) is 57.1 Å². The maximum atomic E-state index is 2.58. The van der Waals surface area contributed by atoms with Crippen LogP contribution in [0.25, 0.3) is 0 Å². The molecule has 1 nitrogen and oxygen atoms in total. The monoisotopic (exact) mass is 237 g/mol. The van der Waals surface area contributed by atoms with Crippen molar-refractivity contribution in [3.05, 3.63) is 35.9 Å². The summed E-state index contributed by atoms with van der Waals surface area (Å²) in [7, 11) is -0.953. The van der Waals surface area contributed by atoms with Gasteiger partial charge in [0.2, 0.25) is 0 Å². The molecule has 1 aromatic rings. The molecule has 0 saturated carbocycles. The second-order valence-electron chi connectivity index (χ2n) is 5.00. The number of hydrogen-bond donors (Lipinski definition) is 0. The lowest BCUT2D eigenvalue weighted by Gasteiger charge is -2.31. The van der Waals surface area contributed by atoms with Crippen LogP contribution in [-0.2, 0) is 0 Å². The van der Waals surface area contributed by atoms with Crippen molar-refractivity contribution in [3.8, 4) is 0 Å². The van der Waals surface area contributed by atoms with Crippen molar-refractivity contribution in [3.63, 3.8) is 0 Å². The van der Waals surface area contributed by atoms with Crippen molar-refractivity contribution in [2.24, 2.45) is 0 Å². The first-order valence-corrected chi connectivity index (χ1v) is 9.63. The van der Waals surface area contributed by atoms with Gasteiger partial charge < -0.3 is 4.57 Å². The van der Waals surface area contributed by atoms with Crippen LogP contribution in [0.1, 0.15) is 19.4 Å². The van der Waals surface area contributed by atoms with Gasteiger partial charge in [-0.15, -0.1) is 0 Å². The average Bonchev–Trinajstić information content (AvgIpc) is 2.19. The van der Waals surface area contributed by atoms with Crippen LogP contribution in [0.2, 0.25) is 19.6 Å². The summed E-state index contributed by atoms with van der Waals surface area (Å²) in [6, 6.07) is 10.3. The highest BCUT2D eigenvalue weighted by molar-refractivity contribution is 6.73. The Morgan fingerprint density at radius 2 is 1.38 bits per heavy atom. The van der Waals surface area contributed by atoms with Crippen LogP contribution in [0.15, 0.2) is 30.3 Å². The lowest BCUT2D eigenvalue weighted by atomic mass is 10.2. The summed E-state index contributed by atoms with van der Waals surface area (Å²) in [5.74, 6) is 0. The van der Waals surface area contributed by atoms with Crippen molar-refractivity contribution in [2.75, 3.05) is 13.1 Å². The van der Waals surface area contributed by atoms with Crippen molar-refractivity contribution in [2.45, 2.75) is 40.4 Å². The number of aryl methyl sites for hydroxylation is 1. The molecular weight excluding hydrogens is 210 g/mol. The second kappa shape index (κ2) is 7.63. The van der Waals surface area contributed by atoms with E-state index < -0.39 is 8.24 Å². The number of nitrogens with zero attached hydrogens (tertiary/aromatic N) is 1. The van der Waals surface area contributed by atoms with Gasteiger partial charge in [0, 0.05) is 0 Å². The minimum Gasteiger partial charge on any atom is -0.324 e. The molecule has 0 aliphatic carbocycles. The van der Waals surface area contributed by atoms with Crippen LogP contribution < -0.4 is 0 Å². The molecule has 92 valence electrons. The number of hydrogen-bond acceptors (Lipinski definition) is 1. The smallest absolute Gasteiger partial charge is 0.119 e. The number of benzene rings is 1. The summed E-state index contributed by atoms with van der Waals surface area (Å²) >= 11 is 0. The maximum Gasteiger partial charge on any atom is 0.119 e. The fourth-order valence-electron chi connectivity index (χ4n) is 1.71. The Morgan fingerprint density at radius 1 is 0.938 bits per heavy atom. The summed E-state index contributed by atoms with van der Waals surface area (Å²) in [6.07, 6.45) is 0. The van der Waals surface area contributed by atoms with Gasteiger partial charge in [-0.3, -0.25) is 0 Å². The predicted octanol–water partition coefficient (Wildman–Crippen LogP) is 4.16. The average molecular weight is 237 g/mol. The van der Waals surface area contributed by atoms with Gasteiger partial charge >= 0.3 is 0 Å². The summed E-state index contributed by atoms with van der Waals surface area (Å²) in [5, 5.41) is 0. The lowest BCUT2D eigenvalue weighted by Crippen LogP contribution is -2.45. The fourth-order valence-corrected chi connectivity index (χ4v) is 3.60. The van der Waals surface area contributed by atoms with Gasteiger partial charge in [-0.25, -0.2) is 0 Å². The Bertz CT molecular complexity index is 260. The molecule has 0 N–H and O–H groups in total. The first-order valence-electron chi connectivity index (χ1n) is 6.18. The Morgan fingerprint density at radius 3 is 1.50 bits per heavy atom. The van der Waals surface area contributed by atoms with Crippen LogP contribution in [0.3, 0.4) is 0 Å². The topological polar surface area (TPSA) is 3.24 Å². The third-order valence-electron chi connectivity index (χ3n) is 2.65. The molecule has 0 radical (unpaired) electrons. The predicted molar refractivity (Wildman–Crippen MR) is 77.4 cm³/mol. The van der Waals surface area contributed by atoms with E-state index in [4.69, 9.17) is 0 Å². The van der Waals surface area contributed by atoms with Crippen molar-refractivity contribution >= 4 is 8.24 Å². The quantitative estimate of drug-likeness (QED) is 0.714. The summed E-state index contributed by atoms with van der Waals surface area (Å²) in [6.45, 7) is 16.2. The molecule has 0 fully saturated rings. The molecule has 0 unspecified atom stereocenters. The fraction of sp³-hybridized carbons (Fsp3) is 0.571. The summed E-state index contributed by atoms with van der Waals surface area (Å²) in [4.78, 5) is 0. The zero-order valence-electron chi connectivity index (χ0n) is 11.7. The molecule has 0 aliphatic heterocycles. The molecule has 0 saturated heterocycles. The normalized spacial score (nSPS) is 10.9. The highest BCUT2D eigenvalue weighted by atomic mass is 28.3. The first-order chi connectivity index (χ1) is 7.41. The van der Waals surface area contributed by atoms with Gasteiger partial charge in [-0.2, -0.15) is 0 Å². The van der Waals surface area contributed by atoms with Crippen LogP contribution >= 0.6 is 0 Å². The largest absolute Gasteiger partial charge is 0.324 e. The van der Waals surface area contributed by atoms with E-state index in [9.17, 15) is 0 Å². The van der Waals surface area contributed by atoms with Crippen LogP contribution in [0.5, 0.6) is 0 Å². The highest BCUT2D eigenvalue weighted by Crippen LogP contribution is 2.06. The Kier molecular flexibility index (Phi) is 7.35. The summed E-state index contributed by atoms with van der Waals surface area (Å²) in [5.41, 5.74) is 1.32. The van der Waals surface area contributed by atoms with E-state index in [0.717, 1.165) is 0 Å². The molecule has 0 aliphatic rings. The van der Waals surface area contributed by atoms with E-state index in [0.29, 0.717) is 0 Å². The lowest BCUT2D eigenvalue weighted by molar-refractivity contribution is 0.470. The molecule has 0 amide bonds. The van der Waals surface area contributed by atoms with Gasteiger partial charge in [0.1, 0.15) is 8.24 Å². The molecule has 0 aromatic heterocycles. The highest BCUT2D eigenvalue weighted by Gasteiger charge is 2.19. The third-order valence-corrected chi connectivity index (χ3v) is 5.18.